The number of alkyl halides is 3. The first-order chi connectivity index (χ1) is 9.35. The summed E-state index contributed by atoms with van der Waals surface area (Å²) >= 11 is 0. The number of nitrogens with zero attached hydrogens (tertiary/aromatic N) is 1. The molecule has 0 aliphatic carbocycles. The Labute approximate surface area is 114 Å². The van der Waals surface area contributed by atoms with E-state index in [0.717, 1.165) is 0 Å². The van der Waals surface area contributed by atoms with E-state index in [1.165, 1.54) is 4.90 Å². The highest BCUT2D eigenvalue weighted by Crippen LogP contribution is 2.12. The lowest BCUT2D eigenvalue weighted by atomic mass is 10.2. The van der Waals surface area contributed by atoms with E-state index in [1.807, 2.05) is 5.32 Å². The summed E-state index contributed by atoms with van der Waals surface area (Å²) in [5, 5.41) is 4.59. The first-order valence-corrected chi connectivity index (χ1v) is 6.27. The molecule has 1 heterocycles. The molecule has 2 N–H and O–H groups in total. The van der Waals surface area contributed by atoms with Gasteiger partial charge in [-0.15, -0.1) is 0 Å². The summed E-state index contributed by atoms with van der Waals surface area (Å²) in [6, 6.07) is -0.788. The lowest BCUT2D eigenvalue weighted by Gasteiger charge is -2.34. The average Bonchev–Trinajstić information content (AvgIpc) is 2.37. The van der Waals surface area contributed by atoms with Crippen molar-refractivity contribution in [3.8, 4) is 0 Å². The second kappa shape index (κ2) is 7.44. The smallest absolute Gasteiger partial charge is 0.377 e. The fourth-order valence-electron chi connectivity index (χ4n) is 1.82. The lowest BCUT2D eigenvalue weighted by molar-refractivity contribution is -0.149. The molecule has 1 fully saturated rings. The minimum atomic E-state index is -4.37. The van der Waals surface area contributed by atoms with Crippen LogP contribution in [0.15, 0.2) is 0 Å². The fourth-order valence-corrected chi connectivity index (χ4v) is 1.82. The fraction of sp³-hybridized carbons (Fsp3) is 0.818. The Morgan fingerprint density at radius 3 is 2.70 bits per heavy atom. The molecule has 116 valence electrons. The van der Waals surface area contributed by atoms with Crippen LogP contribution in [0.25, 0.3) is 0 Å². The Morgan fingerprint density at radius 1 is 1.40 bits per heavy atom. The molecule has 1 aliphatic heterocycles. The first-order valence-electron chi connectivity index (χ1n) is 6.27. The summed E-state index contributed by atoms with van der Waals surface area (Å²) in [7, 11) is 0. The molecular formula is C11H18F3N3O3. The van der Waals surface area contributed by atoms with Crippen molar-refractivity contribution in [3.05, 3.63) is 0 Å². The van der Waals surface area contributed by atoms with Crippen LogP contribution in [0.1, 0.15) is 6.92 Å². The molecule has 1 unspecified atom stereocenters. The van der Waals surface area contributed by atoms with E-state index < -0.39 is 31.2 Å². The Balaban J connectivity index is 2.52. The van der Waals surface area contributed by atoms with E-state index in [4.69, 9.17) is 4.74 Å². The Kier molecular flexibility index (Phi) is 6.21. The van der Waals surface area contributed by atoms with Crippen LogP contribution in [0.3, 0.4) is 0 Å². The highest BCUT2D eigenvalue weighted by molar-refractivity contribution is 5.88. The van der Waals surface area contributed by atoms with Gasteiger partial charge >= 0.3 is 6.18 Å². The summed E-state index contributed by atoms with van der Waals surface area (Å²) < 4.78 is 41.1. The normalized spacial score (nSPS) is 19.8. The second-order valence-corrected chi connectivity index (χ2v) is 4.29. The highest BCUT2D eigenvalue weighted by atomic mass is 19.4. The maximum Gasteiger partial charge on any atom is 0.401 e. The maximum absolute atomic E-state index is 12.0. The van der Waals surface area contributed by atoms with Gasteiger partial charge in [0.1, 0.15) is 6.04 Å². The maximum atomic E-state index is 12.0. The number of likely N-dealkylation sites (N-methyl/N-ethyl adjacent to an activating group) is 1. The third kappa shape index (κ3) is 5.33. The van der Waals surface area contributed by atoms with Gasteiger partial charge in [0.2, 0.25) is 11.8 Å². The Morgan fingerprint density at radius 2 is 2.10 bits per heavy atom. The molecule has 1 saturated heterocycles. The van der Waals surface area contributed by atoms with Gasteiger partial charge in [-0.2, -0.15) is 13.2 Å². The van der Waals surface area contributed by atoms with E-state index in [0.29, 0.717) is 6.54 Å². The summed E-state index contributed by atoms with van der Waals surface area (Å²) in [5.74, 6) is -0.912. The molecule has 1 aliphatic rings. The van der Waals surface area contributed by atoms with Gasteiger partial charge in [-0.25, -0.2) is 0 Å². The highest BCUT2D eigenvalue weighted by Gasteiger charge is 2.33. The van der Waals surface area contributed by atoms with Crippen molar-refractivity contribution >= 4 is 11.8 Å². The molecule has 0 aromatic rings. The summed E-state index contributed by atoms with van der Waals surface area (Å²) in [6.45, 7) is 0.943. The monoisotopic (exact) mass is 297 g/mol. The number of nitrogens with one attached hydrogen (secondary N) is 2. The Hall–Kier alpha value is -1.35. The van der Waals surface area contributed by atoms with E-state index in [2.05, 4.69) is 5.32 Å². The Bertz CT molecular complexity index is 350. The van der Waals surface area contributed by atoms with Gasteiger partial charge in [-0.1, -0.05) is 0 Å². The summed E-state index contributed by atoms with van der Waals surface area (Å²) in [5.41, 5.74) is 0. The number of rotatable bonds is 5. The molecule has 1 atom stereocenters. The zero-order valence-corrected chi connectivity index (χ0v) is 11.1. The van der Waals surface area contributed by atoms with Gasteiger partial charge in [-0.05, 0) is 6.92 Å². The molecule has 0 spiro atoms. The third-order valence-electron chi connectivity index (χ3n) is 2.70. The molecule has 0 radical (unpaired) electrons. The quantitative estimate of drug-likeness (QED) is 0.718. The van der Waals surface area contributed by atoms with Gasteiger partial charge in [0.05, 0.1) is 26.3 Å². The van der Waals surface area contributed by atoms with Crippen molar-refractivity contribution in [1.82, 2.24) is 15.5 Å². The number of hydrogen-bond donors (Lipinski definition) is 2. The molecule has 0 aromatic heterocycles. The van der Waals surface area contributed by atoms with Crippen molar-refractivity contribution in [2.24, 2.45) is 0 Å². The van der Waals surface area contributed by atoms with Crippen molar-refractivity contribution in [2.75, 3.05) is 39.4 Å². The lowest BCUT2D eigenvalue weighted by Crippen LogP contribution is -2.57. The number of morpholine rings is 1. The molecular weight excluding hydrogens is 279 g/mol. The second-order valence-electron chi connectivity index (χ2n) is 4.29. The first kappa shape index (κ1) is 16.7. The molecule has 6 nitrogen and oxygen atoms in total. The number of carbonyl (C=O) groups excluding carboxylic acids is 2. The number of amides is 2. The van der Waals surface area contributed by atoms with Crippen LogP contribution < -0.4 is 10.6 Å². The molecule has 0 bridgehead atoms. The topological polar surface area (TPSA) is 70.7 Å². The third-order valence-corrected chi connectivity index (χ3v) is 2.70. The van der Waals surface area contributed by atoms with Crippen LogP contribution in [0.2, 0.25) is 0 Å². The van der Waals surface area contributed by atoms with Crippen LogP contribution in [-0.4, -0.2) is 68.3 Å². The predicted octanol–water partition coefficient (Wildman–Crippen LogP) is -0.498. The molecule has 1 rings (SSSR count). The van der Waals surface area contributed by atoms with Gasteiger partial charge in [-0.3, -0.25) is 9.59 Å². The van der Waals surface area contributed by atoms with E-state index in [-0.39, 0.29) is 25.7 Å². The van der Waals surface area contributed by atoms with Gasteiger partial charge < -0.3 is 20.3 Å². The van der Waals surface area contributed by atoms with Crippen LogP contribution in [0.5, 0.6) is 0 Å². The van der Waals surface area contributed by atoms with E-state index in [9.17, 15) is 22.8 Å². The molecule has 0 saturated carbocycles. The van der Waals surface area contributed by atoms with Crippen molar-refractivity contribution in [1.29, 1.82) is 0 Å². The number of carbonyl (C=O) groups is 2. The number of halogens is 3. The summed E-state index contributed by atoms with van der Waals surface area (Å²) in [6.07, 6.45) is -4.37. The van der Waals surface area contributed by atoms with Crippen LogP contribution >= 0.6 is 0 Å². The number of hydrogen-bond acceptors (Lipinski definition) is 4. The predicted molar refractivity (Wildman–Crippen MR) is 63.9 cm³/mol. The minimum absolute atomic E-state index is 0.0524. The zero-order valence-electron chi connectivity index (χ0n) is 11.1. The average molecular weight is 297 g/mol. The largest absolute Gasteiger partial charge is 0.401 e. The molecule has 0 aromatic carbocycles. The minimum Gasteiger partial charge on any atom is -0.377 e. The van der Waals surface area contributed by atoms with E-state index >= 15 is 0 Å². The molecule has 2 amide bonds. The summed E-state index contributed by atoms with van der Waals surface area (Å²) in [4.78, 5) is 24.9. The van der Waals surface area contributed by atoms with Crippen molar-refractivity contribution < 1.29 is 27.5 Å². The van der Waals surface area contributed by atoms with Gasteiger partial charge in [0.15, 0.2) is 0 Å². The zero-order chi connectivity index (χ0) is 15.2. The van der Waals surface area contributed by atoms with Crippen LogP contribution in [0.4, 0.5) is 13.2 Å². The SMILES string of the molecule is CCNC(=O)C1COCCN1C(=O)CNCC(F)(F)F. The van der Waals surface area contributed by atoms with E-state index in [1.54, 1.807) is 6.92 Å². The molecule has 20 heavy (non-hydrogen) atoms. The standard InChI is InChI=1S/C11H18F3N3O3/c1-2-16-10(19)8-6-20-4-3-17(8)9(18)5-15-7-11(12,13)14/h8,15H,2-7H2,1H3,(H,16,19). The van der Waals surface area contributed by atoms with Gasteiger partial charge in [0.25, 0.3) is 0 Å². The van der Waals surface area contributed by atoms with Crippen LogP contribution in [0, 0.1) is 0 Å². The van der Waals surface area contributed by atoms with Crippen molar-refractivity contribution in [3.63, 3.8) is 0 Å². The van der Waals surface area contributed by atoms with Crippen molar-refractivity contribution in [2.45, 2.75) is 19.1 Å². The van der Waals surface area contributed by atoms with Gasteiger partial charge in [0, 0.05) is 13.1 Å². The molecule has 9 heteroatoms. The van der Waals surface area contributed by atoms with Crippen LogP contribution in [-0.2, 0) is 14.3 Å². The number of ether oxygens (including phenoxy) is 1.